The lowest BCUT2D eigenvalue weighted by molar-refractivity contribution is 0.804. The summed E-state index contributed by atoms with van der Waals surface area (Å²) in [6.07, 6.45) is 3.83. The second kappa shape index (κ2) is 2.58. The minimum Gasteiger partial charge on any atom is -0.327 e. The predicted molar refractivity (Wildman–Crippen MR) is 43.2 cm³/mol. The Hall–Kier alpha value is -0.220. The number of thiol groups is 1. The van der Waals surface area contributed by atoms with E-state index in [0.717, 1.165) is 4.77 Å². The Morgan fingerprint density at radius 3 is 2.56 bits per heavy atom. The number of rotatable bonds is 1. The first kappa shape index (κ1) is 6.89. The number of hydrogen-bond donors (Lipinski definition) is 1. The first-order valence-corrected chi connectivity index (χ1v) is 3.62. The van der Waals surface area contributed by atoms with Crippen molar-refractivity contribution < 1.29 is 0 Å². The van der Waals surface area contributed by atoms with Gasteiger partial charge in [-0.2, -0.15) is 12.6 Å². The molecular weight excluding hydrogens is 152 g/mol. The van der Waals surface area contributed by atoms with Crippen LogP contribution in [0.3, 0.4) is 0 Å². The molecule has 0 aliphatic rings. The highest BCUT2D eigenvalue weighted by atomic mass is 32.1. The molecule has 0 atom stereocenters. The molecule has 0 bridgehead atoms. The van der Waals surface area contributed by atoms with Crippen molar-refractivity contribution in [1.29, 1.82) is 0 Å². The van der Waals surface area contributed by atoms with E-state index in [1.807, 2.05) is 28.6 Å². The van der Waals surface area contributed by atoms with E-state index in [4.69, 9.17) is 12.2 Å². The largest absolute Gasteiger partial charge is 0.327 e. The molecule has 0 N–H and O–H groups in total. The second-order valence-electron chi connectivity index (χ2n) is 1.80. The molecule has 2 nitrogen and oxygen atoms in total. The molecule has 0 aliphatic carbocycles. The van der Waals surface area contributed by atoms with Crippen molar-refractivity contribution in [3.05, 3.63) is 17.2 Å². The van der Waals surface area contributed by atoms with E-state index in [9.17, 15) is 0 Å². The topological polar surface area (TPSA) is 9.86 Å². The summed E-state index contributed by atoms with van der Waals surface area (Å²) in [5, 5.41) is 0. The highest BCUT2D eigenvalue weighted by Crippen LogP contribution is 1.95. The highest BCUT2D eigenvalue weighted by Gasteiger charge is 1.89. The maximum Gasteiger partial charge on any atom is 0.180 e. The number of aryl methyl sites for hydroxylation is 1. The zero-order chi connectivity index (χ0) is 6.85. The molecule has 0 aromatic carbocycles. The van der Waals surface area contributed by atoms with Gasteiger partial charge in [0.15, 0.2) is 4.77 Å². The number of imidazole rings is 1. The minimum atomic E-state index is 0.652. The Bertz CT molecular complexity index is 248. The molecule has 0 saturated carbocycles. The van der Waals surface area contributed by atoms with Gasteiger partial charge in [0.05, 0.1) is 5.88 Å². The summed E-state index contributed by atoms with van der Waals surface area (Å²) in [5.74, 6) is 0.652. The van der Waals surface area contributed by atoms with Gasteiger partial charge in [-0.05, 0) is 12.2 Å². The average molecular weight is 160 g/mol. The lowest BCUT2D eigenvalue weighted by Crippen LogP contribution is -1.92. The smallest absolute Gasteiger partial charge is 0.180 e. The van der Waals surface area contributed by atoms with Gasteiger partial charge in [-0.15, -0.1) is 0 Å². The van der Waals surface area contributed by atoms with Gasteiger partial charge < -0.3 is 9.13 Å². The summed E-state index contributed by atoms with van der Waals surface area (Å²) in [6, 6.07) is 0. The summed E-state index contributed by atoms with van der Waals surface area (Å²) < 4.78 is 4.58. The zero-order valence-electron chi connectivity index (χ0n) is 5.11. The molecule has 1 aromatic rings. The predicted octanol–water partition coefficient (Wildman–Crippen LogP) is 1.44. The van der Waals surface area contributed by atoms with E-state index >= 15 is 0 Å². The number of hydrogen-bond acceptors (Lipinski definition) is 2. The molecule has 1 heterocycles. The van der Waals surface area contributed by atoms with Crippen LogP contribution in [0, 0.1) is 4.77 Å². The van der Waals surface area contributed by atoms with E-state index in [1.54, 1.807) is 0 Å². The molecule has 0 aliphatic heterocycles. The molecule has 9 heavy (non-hydrogen) atoms. The third-order valence-electron chi connectivity index (χ3n) is 1.17. The Morgan fingerprint density at radius 2 is 2.33 bits per heavy atom. The van der Waals surface area contributed by atoms with Gasteiger partial charge in [-0.1, -0.05) is 0 Å². The van der Waals surface area contributed by atoms with Crippen LogP contribution in [0.1, 0.15) is 0 Å². The third-order valence-corrected chi connectivity index (χ3v) is 2.00. The molecule has 0 fully saturated rings. The first-order valence-electron chi connectivity index (χ1n) is 2.58. The lowest BCUT2D eigenvalue weighted by atomic mass is 10.9. The van der Waals surface area contributed by atoms with Crippen molar-refractivity contribution in [3.63, 3.8) is 0 Å². The van der Waals surface area contributed by atoms with Crippen LogP contribution in [0.2, 0.25) is 0 Å². The van der Waals surface area contributed by atoms with Crippen molar-refractivity contribution in [3.8, 4) is 0 Å². The van der Waals surface area contributed by atoms with Crippen LogP contribution in [-0.4, -0.2) is 9.13 Å². The van der Waals surface area contributed by atoms with Gasteiger partial charge in [0.1, 0.15) is 0 Å². The number of nitrogens with zero attached hydrogens (tertiary/aromatic N) is 2. The van der Waals surface area contributed by atoms with Gasteiger partial charge in [0, 0.05) is 19.4 Å². The van der Waals surface area contributed by atoms with Crippen LogP contribution in [0.5, 0.6) is 0 Å². The summed E-state index contributed by atoms with van der Waals surface area (Å²) in [6.45, 7) is 0. The molecule has 0 unspecified atom stereocenters. The normalized spacial score (nSPS) is 10.0. The summed E-state index contributed by atoms with van der Waals surface area (Å²) in [4.78, 5) is 0. The van der Waals surface area contributed by atoms with Crippen LogP contribution in [0.15, 0.2) is 12.4 Å². The fourth-order valence-electron chi connectivity index (χ4n) is 0.618. The molecule has 0 saturated heterocycles. The van der Waals surface area contributed by atoms with Crippen molar-refractivity contribution >= 4 is 24.8 Å². The van der Waals surface area contributed by atoms with E-state index in [1.165, 1.54) is 0 Å². The second-order valence-corrected chi connectivity index (χ2v) is 2.45. The number of aromatic nitrogens is 2. The SMILES string of the molecule is Cn1ccn(CS)c1=S. The Morgan fingerprint density at radius 1 is 1.67 bits per heavy atom. The maximum atomic E-state index is 5.00. The van der Waals surface area contributed by atoms with Gasteiger partial charge >= 0.3 is 0 Å². The van der Waals surface area contributed by atoms with E-state index in [0.29, 0.717) is 5.88 Å². The Balaban J connectivity index is 3.20. The van der Waals surface area contributed by atoms with E-state index in [-0.39, 0.29) is 0 Å². The highest BCUT2D eigenvalue weighted by molar-refractivity contribution is 7.79. The summed E-state index contributed by atoms with van der Waals surface area (Å²) in [7, 11) is 1.92. The van der Waals surface area contributed by atoms with Crippen LogP contribution >= 0.6 is 24.8 Å². The summed E-state index contributed by atoms with van der Waals surface area (Å²) >= 11 is 9.08. The molecule has 1 aromatic heterocycles. The molecule has 1 rings (SSSR count). The quantitative estimate of drug-likeness (QED) is 0.483. The molecule has 4 heteroatoms. The van der Waals surface area contributed by atoms with Gasteiger partial charge in [-0.3, -0.25) is 0 Å². The molecule has 0 spiro atoms. The minimum absolute atomic E-state index is 0.652. The average Bonchev–Trinajstić information content (AvgIpc) is 2.15. The summed E-state index contributed by atoms with van der Waals surface area (Å²) in [5.41, 5.74) is 0. The molecule has 0 radical (unpaired) electrons. The first-order chi connectivity index (χ1) is 4.25. The van der Waals surface area contributed by atoms with Crippen LogP contribution < -0.4 is 0 Å². The Kier molecular flexibility index (Phi) is 1.97. The van der Waals surface area contributed by atoms with E-state index < -0.39 is 0 Å². The molecule has 0 amide bonds. The van der Waals surface area contributed by atoms with Crippen molar-refractivity contribution in [2.45, 2.75) is 5.88 Å². The van der Waals surface area contributed by atoms with E-state index in [2.05, 4.69) is 12.6 Å². The standard InChI is InChI=1S/C5H8N2S2/c1-6-2-3-7(4-8)5(6)9/h2-3,8H,4H2,1H3. The Labute approximate surface area is 64.5 Å². The molecule has 50 valence electrons. The van der Waals surface area contributed by atoms with Crippen molar-refractivity contribution in [1.82, 2.24) is 9.13 Å². The fraction of sp³-hybridized carbons (Fsp3) is 0.400. The van der Waals surface area contributed by atoms with Crippen LogP contribution in [0.25, 0.3) is 0 Å². The van der Waals surface area contributed by atoms with Gasteiger partial charge in [-0.25, -0.2) is 0 Å². The monoisotopic (exact) mass is 160 g/mol. The van der Waals surface area contributed by atoms with Gasteiger partial charge in [0.2, 0.25) is 0 Å². The maximum absolute atomic E-state index is 5.00. The van der Waals surface area contributed by atoms with Crippen LogP contribution in [-0.2, 0) is 12.9 Å². The third kappa shape index (κ3) is 1.19. The van der Waals surface area contributed by atoms with Crippen LogP contribution in [0.4, 0.5) is 0 Å². The zero-order valence-corrected chi connectivity index (χ0v) is 6.82. The van der Waals surface area contributed by atoms with Crippen molar-refractivity contribution in [2.24, 2.45) is 7.05 Å². The van der Waals surface area contributed by atoms with Crippen molar-refractivity contribution in [2.75, 3.05) is 0 Å². The fourth-order valence-corrected chi connectivity index (χ4v) is 1.13. The molecular formula is C5H8N2S2. The lowest BCUT2D eigenvalue weighted by Gasteiger charge is -1.92. The van der Waals surface area contributed by atoms with Gasteiger partial charge in [0.25, 0.3) is 0 Å².